The Morgan fingerprint density at radius 2 is 1.90 bits per heavy atom. The van der Waals surface area contributed by atoms with E-state index in [1.807, 2.05) is 39.8 Å². The summed E-state index contributed by atoms with van der Waals surface area (Å²) in [6.45, 7) is 7.00. The molecule has 0 fully saturated rings. The zero-order valence-electron chi connectivity index (χ0n) is 12.8. The van der Waals surface area contributed by atoms with Crippen molar-refractivity contribution in [3.8, 4) is 0 Å². The molecule has 1 atom stereocenters. The molecule has 1 aromatic heterocycles. The van der Waals surface area contributed by atoms with Gasteiger partial charge >= 0.3 is 0 Å². The van der Waals surface area contributed by atoms with E-state index in [1.165, 1.54) is 6.07 Å². The van der Waals surface area contributed by atoms with Crippen LogP contribution in [0.25, 0.3) is 0 Å². The summed E-state index contributed by atoms with van der Waals surface area (Å²) in [5, 5.41) is 3.14. The molecule has 6 nitrogen and oxygen atoms in total. The van der Waals surface area contributed by atoms with Crippen LogP contribution in [0, 0.1) is 0 Å². The lowest BCUT2D eigenvalue weighted by Gasteiger charge is -2.17. The number of furan rings is 1. The van der Waals surface area contributed by atoms with Crippen LogP contribution in [0.2, 0.25) is 0 Å². The molecular formula is C13H25N3O3S. The maximum Gasteiger partial charge on any atom is 0.274 e. The Hall–Kier alpha value is -0.890. The summed E-state index contributed by atoms with van der Waals surface area (Å²) in [5.74, 6) is 0.610. The molecule has 0 radical (unpaired) electrons. The minimum absolute atomic E-state index is 0.0383. The van der Waals surface area contributed by atoms with E-state index in [0.717, 1.165) is 0 Å². The van der Waals surface area contributed by atoms with Gasteiger partial charge in [-0.1, -0.05) is 13.8 Å². The molecule has 2 N–H and O–H groups in total. The van der Waals surface area contributed by atoms with Crippen LogP contribution in [0.3, 0.4) is 0 Å². The fraction of sp³-hybridized carbons (Fsp3) is 0.692. The lowest BCUT2D eigenvalue weighted by Crippen LogP contribution is -2.39. The van der Waals surface area contributed by atoms with Crippen LogP contribution in [0.4, 0.5) is 0 Å². The van der Waals surface area contributed by atoms with Gasteiger partial charge in [0.05, 0.1) is 6.54 Å². The van der Waals surface area contributed by atoms with Crippen molar-refractivity contribution in [2.75, 3.05) is 20.6 Å². The molecule has 0 saturated carbocycles. The molecule has 0 bridgehead atoms. The molecule has 0 saturated heterocycles. The molecule has 7 heteroatoms. The molecule has 1 unspecified atom stereocenters. The van der Waals surface area contributed by atoms with Gasteiger partial charge in [0.15, 0.2) is 0 Å². The number of nitrogens with one attached hydrogen (secondary N) is 2. The molecule has 1 rings (SSSR count). The van der Waals surface area contributed by atoms with E-state index >= 15 is 0 Å². The van der Waals surface area contributed by atoms with Crippen LogP contribution in [0.15, 0.2) is 21.6 Å². The van der Waals surface area contributed by atoms with E-state index in [4.69, 9.17) is 4.42 Å². The monoisotopic (exact) mass is 303 g/mol. The van der Waals surface area contributed by atoms with E-state index in [2.05, 4.69) is 10.0 Å². The number of hydrogen-bond acceptors (Lipinski definition) is 5. The summed E-state index contributed by atoms with van der Waals surface area (Å²) in [6, 6.07) is 3.30. The number of likely N-dealkylation sites (N-methyl/N-ethyl adjacent to an activating group) is 1. The highest BCUT2D eigenvalue weighted by Gasteiger charge is 2.21. The van der Waals surface area contributed by atoms with Crippen molar-refractivity contribution in [3.05, 3.63) is 17.9 Å². The first-order valence-electron chi connectivity index (χ1n) is 6.70. The van der Waals surface area contributed by atoms with Crippen molar-refractivity contribution in [1.82, 2.24) is 14.9 Å². The predicted octanol–water partition coefficient (Wildman–Crippen LogP) is 1.01. The zero-order valence-corrected chi connectivity index (χ0v) is 13.6. The summed E-state index contributed by atoms with van der Waals surface area (Å²) in [5.41, 5.74) is 0. The van der Waals surface area contributed by atoms with Crippen LogP contribution in [0.5, 0.6) is 0 Å². The first-order valence-corrected chi connectivity index (χ1v) is 8.18. The van der Waals surface area contributed by atoms with Crippen molar-refractivity contribution in [3.63, 3.8) is 0 Å². The van der Waals surface area contributed by atoms with E-state index < -0.39 is 10.0 Å². The lowest BCUT2D eigenvalue weighted by molar-refractivity contribution is 0.363. The van der Waals surface area contributed by atoms with Gasteiger partial charge in [-0.05, 0) is 33.2 Å². The third kappa shape index (κ3) is 5.62. The van der Waals surface area contributed by atoms with Gasteiger partial charge in [-0.3, -0.25) is 0 Å². The van der Waals surface area contributed by atoms with E-state index in [-0.39, 0.29) is 11.1 Å². The summed E-state index contributed by atoms with van der Waals surface area (Å²) < 4.78 is 32.2. The Bertz CT molecular complexity index is 509. The summed E-state index contributed by atoms with van der Waals surface area (Å²) >= 11 is 0. The molecule has 20 heavy (non-hydrogen) atoms. The van der Waals surface area contributed by atoms with Gasteiger partial charge in [-0.15, -0.1) is 0 Å². The van der Waals surface area contributed by atoms with Gasteiger partial charge in [-0.25, -0.2) is 13.1 Å². The van der Waals surface area contributed by atoms with Crippen LogP contribution in [0.1, 0.15) is 26.5 Å². The van der Waals surface area contributed by atoms with Crippen LogP contribution in [-0.4, -0.2) is 46.0 Å². The molecule has 0 amide bonds. The van der Waals surface area contributed by atoms with Crippen LogP contribution < -0.4 is 10.0 Å². The van der Waals surface area contributed by atoms with Gasteiger partial charge < -0.3 is 14.6 Å². The largest absolute Gasteiger partial charge is 0.447 e. The van der Waals surface area contributed by atoms with Crippen molar-refractivity contribution in [2.45, 2.75) is 44.5 Å². The highest BCUT2D eigenvalue weighted by molar-refractivity contribution is 7.89. The van der Waals surface area contributed by atoms with Gasteiger partial charge in [0.2, 0.25) is 5.09 Å². The third-order valence-electron chi connectivity index (χ3n) is 2.58. The summed E-state index contributed by atoms with van der Waals surface area (Å²) in [6.07, 6.45) is 0. The predicted molar refractivity (Wildman–Crippen MR) is 79.0 cm³/mol. The van der Waals surface area contributed by atoms with E-state index in [1.54, 1.807) is 6.07 Å². The first kappa shape index (κ1) is 17.2. The Morgan fingerprint density at radius 3 is 2.45 bits per heavy atom. The maximum atomic E-state index is 12.1. The van der Waals surface area contributed by atoms with Crippen molar-refractivity contribution >= 4 is 10.0 Å². The Kier molecular flexibility index (Phi) is 6.19. The standard InChI is InChI=1S/C13H25N3O3S/c1-10(2)14-8-12-6-7-13(19-12)20(17,18)15-11(3)9-16(4)5/h6-7,10-11,14-15H,8-9H2,1-5H3. The van der Waals surface area contributed by atoms with E-state index in [9.17, 15) is 8.42 Å². The third-order valence-corrected chi connectivity index (χ3v) is 4.04. The van der Waals surface area contributed by atoms with E-state index in [0.29, 0.717) is 24.9 Å². The quantitative estimate of drug-likeness (QED) is 0.749. The second kappa shape index (κ2) is 7.21. The van der Waals surface area contributed by atoms with Gasteiger partial charge in [-0.2, -0.15) is 0 Å². The smallest absolute Gasteiger partial charge is 0.274 e. The Labute approximate surface area is 121 Å². The average molecular weight is 303 g/mol. The van der Waals surface area contributed by atoms with Crippen LogP contribution in [-0.2, 0) is 16.6 Å². The van der Waals surface area contributed by atoms with Crippen molar-refractivity contribution in [1.29, 1.82) is 0 Å². The zero-order chi connectivity index (χ0) is 15.3. The SMILES string of the molecule is CC(C)NCc1ccc(S(=O)(=O)NC(C)CN(C)C)o1. The molecule has 0 aliphatic rings. The maximum absolute atomic E-state index is 12.1. The molecule has 0 aromatic carbocycles. The number of sulfonamides is 1. The topological polar surface area (TPSA) is 74.6 Å². The number of rotatable bonds is 8. The van der Waals surface area contributed by atoms with Crippen molar-refractivity contribution < 1.29 is 12.8 Å². The van der Waals surface area contributed by atoms with Gasteiger partial charge in [0.25, 0.3) is 10.0 Å². The number of nitrogens with zero attached hydrogens (tertiary/aromatic N) is 1. The molecule has 1 aromatic rings. The van der Waals surface area contributed by atoms with Crippen molar-refractivity contribution in [2.24, 2.45) is 0 Å². The molecule has 1 heterocycles. The Balaban J connectivity index is 2.68. The fourth-order valence-corrected chi connectivity index (χ4v) is 2.99. The second-order valence-corrected chi connectivity index (χ2v) is 7.19. The van der Waals surface area contributed by atoms with Gasteiger partial charge in [0, 0.05) is 18.6 Å². The number of hydrogen-bond donors (Lipinski definition) is 2. The van der Waals surface area contributed by atoms with Gasteiger partial charge in [0.1, 0.15) is 5.76 Å². The molecule has 0 spiro atoms. The molecule has 0 aliphatic heterocycles. The summed E-state index contributed by atoms with van der Waals surface area (Å²) in [4.78, 5) is 1.92. The average Bonchev–Trinajstić information content (AvgIpc) is 2.73. The normalized spacial score (nSPS) is 14.2. The highest BCUT2D eigenvalue weighted by Crippen LogP contribution is 2.14. The first-order chi connectivity index (χ1) is 9.20. The Morgan fingerprint density at radius 1 is 1.25 bits per heavy atom. The minimum atomic E-state index is -3.59. The highest BCUT2D eigenvalue weighted by atomic mass is 32.2. The molecule has 0 aliphatic carbocycles. The van der Waals surface area contributed by atoms with Crippen LogP contribution >= 0.6 is 0 Å². The fourth-order valence-electron chi connectivity index (χ4n) is 1.81. The minimum Gasteiger partial charge on any atom is -0.447 e. The molecular weight excluding hydrogens is 278 g/mol. The lowest BCUT2D eigenvalue weighted by atomic mass is 10.3. The second-order valence-electron chi connectivity index (χ2n) is 5.54. The molecule has 116 valence electrons. The summed E-state index contributed by atoms with van der Waals surface area (Å²) in [7, 11) is 0.198.